The molecule has 1 saturated carbocycles. The fourth-order valence-electron chi connectivity index (χ4n) is 6.55. The van der Waals surface area contributed by atoms with Gasteiger partial charge in [-0.15, -0.1) is 10.2 Å². The van der Waals surface area contributed by atoms with Crippen molar-refractivity contribution in [3.05, 3.63) is 72.4 Å². The minimum absolute atomic E-state index is 0.0834. The highest BCUT2D eigenvalue weighted by molar-refractivity contribution is 5.97. The van der Waals surface area contributed by atoms with E-state index in [0.717, 1.165) is 66.8 Å². The molecule has 2 aliphatic rings. The van der Waals surface area contributed by atoms with Crippen molar-refractivity contribution >= 4 is 23.3 Å². The Morgan fingerprint density at radius 1 is 0.936 bits per heavy atom. The van der Waals surface area contributed by atoms with E-state index in [2.05, 4.69) is 62.1 Å². The molecule has 1 aliphatic carbocycles. The van der Waals surface area contributed by atoms with Gasteiger partial charge in [-0.05, 0) is 105 Å². The molecule has 246 valence electrons. The predicted octanol–water partition coefficient (Wildman–Crippen LogP) is 3.97. The van der Waals surface area contributed by atoms with E-state index in [1.807, 2.05) is 42.6 Å². The number of hydrogen-bond donors (Lipinski definition) is 4. The summed E-state index contributed by atoms with van der Waals surface area (Å²) in [6.45, 7) is 6.45. The normalized spacial score (nSPS) is 22.0. The Bertz CT molecular complexity index is 1590. The third kappa shape index (κ3) is 8.19. The zero-order valence-corrected chi connectivity index (χ0v) is 26.9. The van der Waals surface area contributed by atoms with E-state index in [1.165, 1.54) is 0 Å². The van der Waals surface area contributed by atoms with E-state index >= 15 is 0 Å². The molecule has 1 aliphatic heterocycles. The number of nitrogens with two attached hydrogens (primary N) is 1. The number of benzene rings is 2. The van der Waals surface area contributed by atoms with Gasteiger partial charge in [-0.2, -0.15) is 5.21 Å². The molecule has 4 aromatic rings. The van der Waals surface area contributed by atoms with Crippen LogP contribution in [0.3, 0.4) is 0 Å². The molecule has 2 aromatic carbocycles. The van der Waals surface area contributed by atoms with Crippen molar-refractivity contribution in [2.24, 2.45) is 17.6 Å². The van der Waals surface area contributed by atoms with Gasteiger partial charge in [-0.1, -0.05) is 24.3 Å². The second-order valence-corrected chi connectivity index (χ2v) is 12.8. The highest BCUT2D eigenvalue weighted by Crippen LogP contribution is 2.29. The van der Waals surface area contributed by atoms with Gasteiger partial charge in [0.2, 0.25) is 17.6 Å². The fraction of sp³-hybridized carbons (Fsp3) is 0.429. The summed E-state index contributed by atoms with van der Waals surface area (Å²) in [6.07, 6.45) is 6.00. The number of nitrogens with zero attached hydrogens (tertiary/aromatic N) is 5. The summed E-state index contributed by atoms with van der Waals surface area (Å²) >= 11 is 0. The summed E-state index contributed by atoms with van der Waals surface area (Å²) in [5, 5.41) is 20.1. The first-order valence-electron chi connectivity index (χ1n) is 16.5. The number of amides is 2. The molecule has 5 N–H and O–H groups in total. The van der Waals surface area contributed by atoms with E-state index in [1.54, 1.807) is 12.1 Å². The second kappa shape index (κ2) is 14.8. The molecule has 1 saturated heterocycles. The number of ether oxygens (including phenoxy) is 1. The van der Waals surface area contributed by atoms with Crippen molar-refractivity contribution in [3.8, 4) is 22.5 Å². The van der Waals surface area contributed by atoms with Crippen LogP contribution in [0.5, 0.6) is 0 Å². The first kappa shape index (κ1) is 32.3. The Labute approximate surface area is 274 Å². The first-order valence-corrected chi connectivity index (χ1v) is 16.5. The zero-order valence-electron chi connectivity index (χ0n) is 26.9. The number of morpholine rings is 1. The van der Waals surface area contributed by atoms with Gasteiger partial charge in [-0.25, -0.2) is 4.98 Å². The molecule has 0 bridgehead atoms. The summed E-state index contributed by atoms with van der Waals surface area (Å²) in [7, 11) is 0. The molecule has 6 rings (SSSR count). The number of anilines is 2. The molecule has 0 spiro atoms. The SMILES string of the molecule is CC1CN(c2ccc(-c3ccc(CC(NC(=O)C4CCC(CN)CC4)C(=O)Nc4ccc(-c5nn[nH]n5)cc4)cc3)cn2)CC(C)O1. The van der Waals surface area contributed by atoms with Crippen LogP contribution in [-0.4, -0.2) is 75.3 Å². The molecule has 2 fully saturated rings. The van der Waals surface area contributed by atoms with E-state index in [0.29, 0.717) is 30.4 Å². The molecule has 3 atom stereocenters. The molecule has 12 nitrogen and oxygen atoms in total. The smallest absolute Gasteiger partial charge is 0.247 e. The average molecular weight is 638 g/mol. The fourth-order valence-corrected chi connectivity index (χ4v) is 6.55. The van der Waals surface area contributed by atoms with E-state index in [-0.39, 0.29) is 29.9 Å². The number of H-pyrrole nitrogens is 1. The van der Waals surface area contributed by atoms with Crippen LogP contribution in [0.4, 0.5) is 11.5 Å². The van der Waals surface area contributed by atoms with Crippen LogP contribution < -0.4 is 21.3 Å². The van der Waals surface area contributed by atoms with Gasteiger partial charge in [0.1, 0.15) is 11.9 Å². The van der Waals surface area contributed by atoms with Crippen LogP contribution in [0.25, 0.3) is 22.5 Å². The van der Waals surface area contributed by atoms with Crippen molar-refractivity contribution < 1.29 is 14.3 Å². The standard InChI is InChI=1S/C35H43N9O3/c1-22-20-44(21-23(2)47-22)32-16-13-29(19-37-32)26-7-3-24(4-8-26)17-31(39-34(45)28-9-5-25(18-36)6-10-28)35(46)38-30-14-11-27(12-15-30)33-40-42-43-41-33/h3-4,7-8,11-16,19,22-23,25,28,31H,5-6,9-10,17-18,20-21,36H2,1-2H3,(H,38,46)(H,39,45)(H,40,41,42,43). The number of pyridine rings is 1. The van der Waals surface area contributed by atoms with Crippen LogP contribution >= 0.6 is 0 Å². The lowest BCUT2D eigenvalue weighted by Gasteiger charge is -2.36. The quantitative estimate of drug-likeness (QED) is 0.201. The van der Waals surface area contributed by atoms with Crippen LogP contribution in [0.2, 0.25) is 0 Å². The Hall–Kier alpha value is -4.68. The largest absolute Gasteiger partial charge is 0.372 e. The van der Waals surface area contributed by atoms with Crippen molar-refractivity contribution in [2.75, 3.05) is 29.9 Å². The summed E-state index contributed by atoms with van der Waals surface area (Å²) in [6, 6.07) is 18.7. The Balaban J connectivity index is 1.13. The second-order valence-electron chi connectivity index (χ2n) is 12.8. The van der Waals surface area contributed by atoms with Crippen LogP contribution in [-0.2, 0) is 20.7 Å². The molecule has 3 unspecified atom stereocenters. The lowest BCUT2D eigenvalue weighted by Crippen LogP contribution is -2.48. The van der Waals surface area contributed by atoms with E-state index in [9.17, 15) is 9.59 Å². The number of hydrogen-bond acceptors (Lipinski definition) is 9. The number of carbonyl (C=O) groups is 2. The van der Waals surface area contributed by atoms with E-state index in [4.69, 9.17) is 15.5 Å². The molecular formula is C35H43N9O3. The lowest BCUT2D eigenvalue weighted by atomic mass is 9.81. The molecular weight excluding hydrogens is 594 g/mol. The van der Waals surface area contributed by atoms with Crippen LogP contribution in [0, 0.1) is 11.8 Å². The molecule has 2 aromatic heterocycles. The van der Waals surface area contributed by atoms with Crippen molar-refractivity contribution in [3.63, 3.8) is 0 Å². The predicted molar refractivity (Wildman–Crippen MR) is 180 cm³/mol. The number of aromatic amines is 1. The summed E-state index contributed by atoms with van der Waals surface area (Å²) in [5.41, 5.74) is 10.2. The third-order valence-corrected chi connectivity index (χ3v) is 9.16. The average Bonchev–Trinajstić information content (AvgIpc) is 3.64. The van der Waals surface area contributed by atoms with Crippen molar-refractivity contribution in [1.29, 1.82) is 0 Å². The van der Waals surface area contributed by atoms with Gasteiger partial charge in [0.15, 0.2) is 0 Å². The monoisotopic (exact) mass is 637 g/mol. The van der Waals surface area contributed by atoms with E-state index < -0.39 is 6.04 Å². The van der Waals surface area contributed by atoms with Crippen LogP contribution in [0.1, 0.15) is 45.1 Å². The van der Waals surface area contributed by atoms with Gasteiger partial charge in [0, 0.05) is 48.4 Å². The zero-order chi connectivity index (χ0) is 32.8. The topological polar surface area (TPSA) is 164 Å². The summed E-state index contributed by atoms with van der Waals surface area (Å²) < 4.78 is 5.86. The molecule has 12 heteroatoms. The minimum Gasteiger partial charge on any atom is -0.372 e. The number of tetrazole rings is 1. The molecule has 47 heavy (non-hydrogen) atoms. The Morgan fingerprint density at radius 3 is 2.23 bits per heavy atom. The maximum Gasteiger partial charge on any atom is 0.247 e. The first-order chi connectivity index (χ1) is 22.8. The van der Waals surface area contributed by atoms with Gasteiger partial charge in [-0.3, -0.25) is 9.59 Å². The summed E-state index contributed by atoms with van der Waals surface area (Å²) in [5.74, 6) is 1.39. The molecule has 2 amide bonds. The lowest BCUT2D eigenvalue weighted by molar-refractivity contribution is -0.130. The van der Waals surface area contributed by atoms with Crippen molar-refractivity contribution in [2.45, 2.75) is 64.2 Å². The number of aromatic nitrogens is 5. The molecule has 0 radical (unpaired) electrons. The Morgan fingerprint density at radius 2 is 1.62 bits per heavy atom. The third-order valence-electron chi connectivity index (χ3n) is 9.16. The molecule has 3 heterocycles. The minimum atomic E-state index is -0.753. The summed E-state index contributed by atoms with van der Waals surface area (Å²) in [4.78, 5) is 34.0. The Kier molecular flexibility index (Phi) is 10.2. The maximum atomic E-state index is 13.6. The number of nitrogens with one attached hydrogen (secondary N) is 3. The van der Waals surface area contributed by atoms with Crippen molar-refractivity contribution in [1.82, 2.24) is 30.9 Å². The van der Waals surface area contributed by atoms with Gasteiger partial charge >= 0.3 is 0 Å². The van der Waals surface area contributed by atoms with Gasteiger partial charge < -0.3 is 26.0 Å². The number of rotatable bonds is 10. The van der Waals surface area contributed by atoms with Crippen LogP contribution in [0.15, 0.2) is 66.9 Å². The highest BCUT2D eigenvalue weighted by atomic mass is 16.5. The highest BCUT2D eigenvalue weighted by Gasteiger charge is 2.29. The maximum absolute atomic E-state index is 13.6. The van der Waals surface area contributed by atoms with Gasteiger partial charge in [0.05, 0.1) is 12.2 Å². The number of carbonyl (C=O) groups excluding carboxylic acids is 2. The van der Waals surface area contributed by atoms with Gasteiger partial charge in [0.25, 0.3) is 0 Å².